The normalized spacial score (nSPS) is 8.70. The first kappa shape index (κ1) is 20.2. The maximum atomic E-state index is 10.8. The van der Waals surface area contributed by atoms with Gasteiger partial charge < -0.3 is 9.47 Å². The van der Waals surface area contributed by atoms with E-state index in [-0.39, 0.29) is 13.2 Å². The van der Waals surface area contributed by atoms with Crippen molar-refractivity contribution in [2.24, 2.45) is 0 Å². The molecular weight excluding hydrogens is 284 g/mol. The molecule has 0 unspecified atom stereocenters. The third kappa shape index (κ3) is 12.3. The Morgan fingerprint density at radius 1 is 0.800 bits per heavy atom. The van der Waals surface area contributed by atoms with Gasteiger partial charge in [0.15, 0.2) is 0 Å². The molecular formula is C12H14F4O4. The Labute approximate surface area is 113 Å². The molecule has 0 heterocycles. The lowest BCUT2D eigenvalue weighted by Crippen LogP contribution is -2.14. The predicted molar refractivity (Wildman–Crippen MR) is 63.0 cm³/mol. The quantitative estimate of drug-likeness (QED) is 0.338. The van der Waals surface area contributed by atoms with Crippen molar-refractivity contribution in [3.05, 3.63) is 36.5 Å². The SMILES string of the molecule is C=C(C)C(=O)OCCOC(=O)C(=C)C.FC(F)=C(F)F. The van der Waals surface area contributed by atoms with Crippen molar-refractivity contribution in [1.82, 2.24) is 0 Å². The highest BCUT2D eigenvalue weighted by Crippen LogP contribution is 2.08. The fraction of sp³-hybridized carbons (Fsp3) is 0.333. The van der Waals surface area contributed by atoms with Crippen LogP contribution in [0.3, 0.4) is 0 Å². The van der Waals surface area contributed by atoms with Crippen LogP contribution >= 0.6 is 0 Å². The minimum Gasteiger partial charge on any atom is -0.459 e. The predicted octanol–water partition coefficient (Wildman–Crippen LogP) is 3.22. The molecule has 0 saturated carbocycles. The molecule has 0 spiro atoms. The van der Waals surface area contributed by atoms with Crippen molar-refractivity contribution in [3.63, 3.8) is 0 Å². The van der Waals surface area contributed by atoms with Gasteiger partial charge in [0.25, 0.3) is 0 Å². The molecule has 8 heteroatoms. The number of hydrogen-bond acceptors (Lipinski definition) is 4. The van der Waals surface area contributed by atoms with Crippen molar-refractivity contribution in [2.45, 2.75) is 13.8 Å². The van der Waals surface area contributed by atoms with E-state index in [4.69, 9.17) is 0 Å². The number of halogens is 4. The van der Waals surface area contributed by atoms with Crippen molar-refractivity contribution in [3.8, 4) is 0 Å². The number of hydrogen-bond donors (Lipinski definition) is 0. The molecule has 0 rings (SSSR count). The number of esters is 2. The van der Waals surface area contributed by atoms with E-state index in [9.17, 15) is 27.2 Å². The number of ether oxygens (including phenoxy) is 2. The highest BCUT2D eigenvalue weighted by molar-refractivity contribution is 5.87. The number of carbonyl (C=O) groups is 2. The Balaban J connectivity index is 0. The van der Waals surface area contributed by atoms with Crippen LogP contribution in [-0.4, -0.2) is 25.2 Å². The molecule has 0 aliphatic carbocycles. The second kappa shape index (κ2) is 10.8. The summed E-state index contributed by atoms with van der Waals surface area (Å²) in [5.74, 6) is -0.979. The van der Waals surface area contributed by atoms with Gasteiger partial charge in [-0.1, -0.05) is 13.2 Å². The molecule has 0 aliphatic heterocycles. The topological polar surface area (TPSA) is 52.6 Å². The van der Waals surface area contributed by atoms with E-state index in [0.29, 0.717) is 11.1 Å². The van der Waals surface area contributed by atoms with E-state index >= 15 is 0 Å². The van der Waals surface area contributed by atoms with Crippen LogP contribution in [-0.2, 0) is 19.1 Å². The fourth-order valence-corrected chi connectivity index (χ4v) is 0.515. The van der Waals surface area contributed by atoms with E-state index in [1.54, 1.807) is 13.8 Å². The summed E-state index contributed by atoms with van der Waals surface area (Å²) in [5, 5.41) is 0. The second-order valence-electron chi connectivity index (χ2n) is 3.35. The molecule has 0 aromatic rings. The van der Waals surface area contributed by atoms with Gasteiger partial charge in [0.2, 0.25) is 0 Å². The fourth-order valence-electron chi connectivity index (χ4n) is 0.515. The molecule has 0 amide bonds. The summed E-state index contributed by atoms with van der Waals surface area (Å²) < 4.78 is 50.5. The van der Waals surface area contributed by atoms with E-state index in [2.05, 4.69) is 22.6 Å². The van der Waals surface area contributed by atoms with Crippen LogP contribution in [0.4, 0.5) is 17.6 Å². The zero-order valence-electron chi connectivity index (χ0n) is 11.0. The van der Waals surface area contributed by atoms with Crippen LogP contribution in [0.15, 0.2) is 36.5 Å². The summed E-state index contributed by atoms with van der Waals surface area (Å²) in [4.78, 5) is 21.7. The van der Waals surface area contributed by atoms with Gasteiger partial charge in [-0.25, -0.2) is 9.59 Å². The minimum absolute atomic E-state index is 0.0325. The Hall–Kier alpha value is -2.12. The second-order valence-corrected chi connectivity index (χ2v) is 3.35. The average molecular weight is 298 g/mol. The Morgan fingerprint density at radius 3 is 1.20 bits per heavy atom. The molecule has 0 radical (unpaired) electrons. The summed E-state index contributed by atoms with van der Waals surface area (Å²) in [6, 6.07) is 0. The molecule has 4 nitrogen and oxygen atoms in total. The van der Waals surface area contributed by atoms with Gasteiger partial charge in [-0.05, 0) is 13.8 Å². The van der Waals surface area contributed by atoms with E-state index in [1.807, 2.05) is 0 Å². The maximum absolute atomic E-state index is 10.8. The van der Waals surface area contributed by atoms with Crippen LogP contribution in [0.5, 0.6) is 0 Å². The van der Waals surface area contributed by atoms with Crippen LogP contribution in [0.25, 0.3) is 0 Å². The summed E-state index contributed by atoms with van der Waals surface area (Å²) in [6.07, 6.45) is -5.81. The molecule has 0 aromatic carbocycles. The first-order valence-electron chi connectivity index (χ1n) is 5.11. The zero-order valence-corrected chi connectivity index (χ0v) is 11.0. The highest BCUT2D eigenvalue weighted by atomic mass is 19.3. The molecule has 0 fully saturated rings. The Kier molecular flexibility index (Phi) is 10.9. The lowest BCUT2D eigenvalue weighted by atomic mass is 10.4. The molecule has 0 aromatic heterocycles. The Bertz CT molecular complexity index is 370. The van der Waals surface area contributed by atoms with Crippen LogP contribution in [0.1, 0.15) is 13.8 Å². The van der Waals surface area contributed by atoms with Crippen molar-refractivity contribution >= 4 is 11.9 Å². The monoisotopic (exact) mass is 298 g/mol. The van der Waals surface area contributed by atoms with Gasteiger partial charge in [-0.3, -0.25) is 0 Å². The van der Waals surface area contributed by atoms with Gasteiger partial charge in [0.1, 0.15) is 13.2 Å². The van der Waals surface area contributed by atoms with Crippen LogP contribution in [0.2, 0.25) is 0 Å². The first-order valence-corrected chi connectivity index (χ1v) is 5.11. The molecule has 0 atom stereocenters. The number of carbonyl (C=O) groups excluding carboxylic acids is 2. The Morgan fingerprint density at radius 2 is 1.05 bits per heavy atom. The summed E-state index contributed by atoms with van der Waals surface area (Å²) in [7, 11) is 0. The third-order valence-corrected chi connectivity index (χ3v) is 1.39. The largest absolute Gasteiger partial charge is 0.459 e. The van der Waals surface area contributed by atoms with Crippen molar-refractivity contribution in [1.29, 1.82) is 0 Å². The van der Waals surface area contributed by atoms with Crippen LogP contribution in [0, 0.1) is 0 Å². The smallest absolute Gasteiger partial charge is 0.334 e. The number of rotatable bonds is 5. The van der Waals surface area contributed by atoms with Gasteiger partial charge in [0, 0.05) is 11.1 Å². The summed E-state index contributed by atoms with van der Waals surface area (Å²) >= 11 is 0. The lowest BCUT2D eigenvalue weighted by molar-refractivity contribution is -0.147. The molecule has 114 valence electrons. The average Bonchev–Trinajstić information content (AvgIpc) is 2.34. The van der Waals surface area contributed by atoms with Crippen molar-refractivity contribution < 1.29 is 36.6 Å². The molecule has 0 saturated heterocycles. The summed E-state index contributed by atoms with van der Waals surface area (Å²) in [5.41, 5.74) is 0.632. The van der Waals surface area contributed by atoms with E-state index < -0.39 is 24.1 Å². The van der Waals surface area contributed by atoms with Gasteiger partial charge in [-0.2, -0.15) is 17.6 Å². The van der Waals surface area contributed by atoms with Crippen LogP contribution < -0.4 is 0 Å². The molecule has 0 N–H and O–H groups in total. The van der Waals surface area contributed by atoms with Gasteiger partial charge in [0.05, 0.1) is 0 Å². The maximum Gasteiger partial charge on any atom is 0.334 e. The highest BCUT2D eigenvalue weighted by Gasteiger charge is 2.05. The minimum atomic E-state index is -2.91. The lowest BCUT2D eigenvalue weighted by Gasteiger charge is -2.05. The van der Waals surface area contributed by atoms with E-state index in [1.165, 1.54) is 0 Å². The molecule has 20 heavy (non-hydrogen) atoms. The van der Waals surface area contributed by atoms with E-state index in [0.717, 1.165) is 0 Å². The van der Waals surface area contributed by atoms with Gasteiger partial charge >= 0.3 is 24.1 Å². The third-order valence-electron chi connectivity index (χ3n) is 1.39. The molecule has 0 bridgehead atoms. The standard InChI is InChI=1S/C10H14O4.C2F4/c1-7(2)9(11)13-5-6-14-10(12)8(3)4;3-1(4)2(5)6/h1,3,5-6H2,2,4H3;. The molecule has 0 aliphatic rings. The first-order chi connectivity index (χ1) is 9.09. The zero-order chi connectivity index (χ0) is 16.3. The van der Waals surface area contributed by atoms with Crippen molar-refractivity contribution in [2.75, 3.05) is 13.2 Å². The summed E-state index contributed by atoms with van der Waals surface area (Å²) in [6.45, 7) is 9.95. The van der Waals surface area contributed by atoms with Gasteiger partial charge in [-0.15, -0.1) is 0 Å².